The molecular formula is C30H33N3. The molecule has 33 heavy (non-hydrogen) atoms. The molecule has 0 N–H and O–H groups in total. The van der Waals surface area contributed by atoms with E-state index in [0.717, 1.165) is 38.2 Å². The molecule has 4 aromatic rings. The molecule has 3 nitrogen and oxygen atoms in total. The molecule has 2 heterocycles. The number of fused-ring (bicyclic) bond motifs is 1. The van der Waals surface area contributed by atoms with Crippen LogP contribution in [0.4, 0.5) is 0 Å². The first-order valence-electron chi connectivity index (χ1n) is 12.1. The van der Waals surface area contributed by atoms with E-state index in [1.807, 2.05) is 12.3 Å². The molecule has 0 aliphatic carbocycles. The van der Waals surface area contributed by atoms with Crippen molar-refractivity contribution in [1.29, 1.82) is 0 Å². The molecule has 168 valence electrons. The van der Waals surface area contributed by atoms with Gasteiger partial charge in [0.2, 0.25) is 0 Å². The second-order valence-corrected chi connectivity index (χ2v) is 9.41. The summed E-state index contributed by atoms with van der Waals surface area (Å²) in [5, 5.41) is 1.19. The lowest BCUT2D eigenvalue weighted by atomic mass is 10.0. The van der Waals surface area contributed by atoms with Crippen LogP contribution in [0.15, 0.2) is 79.0 Å². The minimum absolute atomic E-state index is 1.02. The molecular weight excluding hydrogens is 402 g/mol. The Morgan fingerprint density at radius 1 is 0.758 bits per heavy atom. The van der Waals surface area contributed by atoms with Gasteiger partial charge in [-0.1, -0.05) is 72.3 Å². The van der Waals surface area contributed by atoms with E-state index < -0.39 is 0 Å². The highest BCUT2D eigenvalue weighted by atomic mass is 15.2. The van der Waals surface area contributed by atoms with E-state index in [1.54, 1.807) is 0 Å². The van der Waals surface area contributed by atoms with Gasteiger partial charge in [-0.2, -0.15) is 0 Å². The van der Waals surface area contributed by atoms with Crippen LogP contribution in [0.1, 0.15) is 28.7 Å². The van der Waals surface area contributed by atoms with E-state index in [9.17, 15) is 0 Å². The minimum atomic E-state index is 1.02. The van der Waals surface area contributed by atoms with Crippen molar-refractivity contribution in [2.45, 2.75) is 33.4 Å². The SMILES string of the molecule is Cc1ccc(C)c(CN2CCCN(Cc3ccc(-c4cccc5cccnc45)cc3)CC2)c1. The summed E-state index contributed by atoms with van der Waals surface area (Å²) in [6.07, 6.45) is 3.10. The summed E-state index contributed by atoms with van der Waals surface area (Å²) in [7, 11) is 0. The van der Waals surface area contributed by atoms with Crippen LogP contribution in [-0.2, 0) is 13.1 Å². The first-order chi connectivity index (χ1) is 16.2. The first kappa shape index (κ1) is 21.8. The third-order valence-corrected chi connectivity index (χ3v) is 6.88. The van der Waals surface area contributed by atoms with Gasteiger partial charge in [0.1, 0.15) is 0 Å². The average molecular weight is 436 g/mol. The summed E-state index contributed by atoms with van der Waals surface area (Å²) < 4.78 is 0. The zero-order chi connectivity index (χ0) is 22.6. The maximum absolute atomic E-state index is 4.62. The van der Waals surface area contributed by atoms with Crippen molar-refractivity contribution in [1.82, 2.24) is 14.8 Å². The maximum atomic E-state index is 4.62. The Hall–Kier alpha value is -3.01. The van der Waals surface area contributed by atoms with Crippen molar-refractivity contribution >= 4 is 10.9 Å². The molecule has 0 spiro atoms. The van der Waals surface area contributed by atoms with E-state index in [4.69, 9.17) is 0 Å². The molecule has 1 aromatic heterocycles. The summed E-state index contributed by atoms with van der Waals surface area (Å²) in [5.41, 5.74) is 9.13. The van der Waals surface area contributed by atoms with Gasteiger partial charge in [0.15, 0.2) is 0 Å². The second kappa shape index (κ2) is 9.86. The van der Waals surface area contributed by atoms with E-state index in [-0.39, 0.29) is 0 Å². The van der Waals surface area contributed by atoms with Crippen LogP contribution in [0.2, 0.25) is 0 Å². The number of hydrogen-bond acceptors (Lipinski definition) is 3. The molecule has 1 fully saturated rings. The van der Waals surface area contributed by atoms with Crippen LogP contribution in [0.25, 0.3) is 22.0 Å². The van der Waals surface area contributed by atoms with E-state index in [2.05, 4.69) is 95.4 Å². The van der Waals surface area contributed by atoms with Gasteiger partial charge in [-0.15, -0.1) is 0 Å². The van der Waals surface area contributed by atoms with Gasteiger partial charge in [-0.05, 0) is 61.7 Å². The van der Waals surface area contributed by atoms with Gasteiger partial charge in [-0.25, -0.2) is 0 Å². The zero-order valence-corrected chi connectivity index (χ0v) is 19.8. The highest BCUT2D eigenvalue weighted by Gasteiger charge is 2.16. The molecule has 0 bridgehead atoms. The Kier molecular flexibility index (Phi) is 6.52. The summed E-state index contributed by atoms with van der Waals surface area (Å²) in [6.45, 7) is 11.1. The molecule has 3 aromatic carbocycles. The number of nitrogens with zero attached hydrogens (tertiary/aromatic N) is 3. The number of hydrogen-bond donors (Lipinski definition) is 0. The lowest BCUT2D eigenvalue weighted by molar-refractivity contribution is 0.247. The van der Waals surface area contributed by atoms with Crippen molar-refractivity contribution in [3.8, 4) is 11.1 Å². The fraction of sp³-hybridized carbons (Fsp3) is 0.300. The molecule has 0 radical (unpaired) electrons. The van der Waals surface area contributed by atoms with Gasteiger partial charge in [0.25, 0.3) is 0 Å². The maximum Gasteiger partial charge on any atom is 0.0780 e. The largest absolute Gasteiger partial charge is 0.298 e. The summed E-state index contributed by atoms with van der Waals surface area (Å²) >= 11 is 0. The lowest BCUT2D eigenvalue weighted by Crippen LogP contribution is -2.30. The van der Waals surface area contributed by atoms with Crippen LogP contribution in [0.3, 0.4) is 0 Å². The number of benzene rings is 3. The molecule has 1 saturated heterocycles. The van der Waals surface area contributed by atoms with Crippen LogP contribution >= 0.6 is 0 Å². The van der Waals surface area contributed by atoms with Crippen LogP contribution in [0.5, 0.6) is 0 Å². The molecule has 0 atom stereocenters. The van der Waals surface area contributed by atoms with E-state index in [1.165, 1.54) is 51.7 Å². The number of rotatable bonds is 5. The molecule has 0 unspecified atom stereocenters. The average Bonchev–Trinajstić information content (AvgIpc) is 3.06. The predicted molar refractivity (Wildman–Crippen MR) is 138 cm³/mol. The first-order valence-corrected chi connectivity index (χ1v) is 12.1. The topological polar surface area (TPSA) is 19.4 Å². The van der Waals surface area contributed by atoms with Gasteiger partial charge >= 0.3 is 0 Å². The Balaban J connectivity index is 1.22. The summed E-state index contributed by atoms with van der Waals surface area (Å²) in [4.78, 5) is 9.85. The fourth-order valence-electron chi connectivity index (χ4n) is 4.94. The Bertz CT molecular complexity index is 1220. The van der Waals surface area contributed by atoms with Crippen LogP contribution < -0.4 is 0 Å². The third kappa shape index (κ3) is 5.16. The number of pyridine rings is 1. The molecule has 0 saturated carbocycles. The van der Waals surface area contributed by atoms with Crippen molar-refractivity contribution in [3.63, 3.8) is 0 Å². The fourth-order valence-corrected chi connectivity index (χ4v) is 4.94. The molecule has 3 heteroatoms. The van der Waals surface area contributed by atoms with Gasteiger partial charge in [0, 0.05) is 43.3 Å². The Morgan fingerprint density at radius 2 is 1.52 bits per heavy atom. The smallest absolute Gasteiger partial charge is 0.0780 e. The van der Waals surface area contributed by atoms with Gasteiger partial charge < -0.3 is 0 Å². The molecule has 0 amide bonds. The van der Waals surface area contributed by atoms with Gasteiger partial charge in [-0.3, -0.25) is 14.8 Å². The third-order valence-electron chi connectivity index (χ3n) is 6.88. The molecule has 1 aliphatic rings. The van der Waals surface area contributed by atoms with Crippen LogP contribution in [0, 0.1) is 13.8 Å². The van der Waals surface area contributed by atoms with Crippen molar-refractivity contribution < 1.29 is 0 Å². The normalized spacial score (nSPS) is 15.6. The molecule has 1 aliphatic heterocycles. The Labute approximate surface area is 197 Å². The van der Waals surface area contributed by atoms with Crippen molar-refractivity contribution in [3.05, 3.63) is 101 Å². The standard InChI is InChI=1S/C30H33N3/c1-23-9-10-24(2)28(20-23)22-33-17-5-16-32(18-19-33)21-25-11-13-26(14-12-25)29-8-3-6-27-7-4-15-31-30(27)29/h3-4,6-15,20H,5,16-19,21-22H2,1-2H3. The Morgan fingerprint density at radius 3 is 2.33 bits per heavy atom. The number of aromatic nitrogens is 1. The lowest BCUT2D eigenvalue weighted by Gasteiger charge is -2.23. The van der Waals surface area contributed by atoms with E-state index in [0.29, 0.717) is 0 Å². The highest BCUT2D eigenvalue weighted by molar-refractivity contribution is 5.93. The van der Waals surface area contributed by atoms with Gasteiger partial charge in [0.05, 0.1) is 5.52 Å². The predicted octanol–water partition coefficient (Wildman–Crippen LogP) is 6.23. The quantitative estimate of drug-likeness (QED) is 0.371. The zero-order valence-electron chi connectivity index (χ0n) is 19.8. The number of aryl methyl sites for hydroxylation is 2. The van der Waals surface area contributed by atoms with Crippen molar-refractivity contribution in [2.24, 2.45) is 0 Å². The van der Waals surface area contributed by atoms with Crippen LogP contribution in [-0.4, -0.2) is 41.0 Å². The number of para-hydroxylation sites is 1. The molecule has 5 rings (SSSR count). The van der Waals surface area contributed by atoms with Crippen molar-refractivity contribution in [2.75, 3.05) is 26.2 Å². The minimum Gasteiger partial charge on any atom is -0.298 e. The summed E-state index contributed by atoms with van der Waals surface area (Å²) in [6, 6.07) is 26.4. The second-order valence-electron chi connectivity index (χ2n) is 9.41. The highest BCUT2D eigenvalue weighted by Crippen LogP contribution is 2.27. The monoisotopic (exact) mass is 435 g/mol. The van der Waals surface area contributed by atoms with E-state index >= 15 is 0 Å². The summed E-state index contributed by atoms with van der Waals surface area (Å²) in [5.74, 6) is 0.